The van der Waals surface area contributed by atoms with Crippen LogP contribution >= 0.6 is 0 Å². The Hall–Kier alpha value is -1.59. The van der Waals surface area contributed by atoms with E-state index in [1.165, 1.54) is 6.92 Å². The summed E-state index contributed by atoms with van der Waals surface area (Å²) in [6, 6.07) is 0. The normalized spacial score (nSPS) is 17.1. The monoisotopic (exact) mass is 228 g/mol. The molecule has 1 aliphatic carbocycles. The van der Waals surface area contributed by atoms with Crippen molar-refractivity contribution < 1.29 is 19.5 Å². The van der Waals surface area contributed by atoms with E-state index in [9.17, 15) is 14.4 Å². The van der Waals surface area contributed by atoms with Crippen molar-refractivity contribution in [2.45, 2.75) is 26.2 Å². The summed E-state index contributed by atoms with van der Waals surface area (Å²) in [5.41, 5.74) is -0.786. The average Bonchev–Trinajstić information content (AvgIpc) is 2.12. The lowest BCUT2D eigenvalue weighted by molar-refractivity contribution is -0.154. The molecule has 0 aromatic carbocycles. The van der Waals surface area contributed by atoms with Crippen LogP contribution in [0.1, 0.15) is 26.2 Å². The molecule has 1 rings (SSSR count). The minimum absolute atomic E-state index is 0.106. The summed E-state index contributed by atoms with van der Waals surface area (Å²) >= 11 is 0. The molecular weight excluding hydrogens is 212 g/mol. The quantitative estimate of drug-likeness (QED) is 0.590. The van der Waals surface area contributed by atoms with E-state index in [1.54, 1.807) is 0 Å². The predicted octanol–water partition coefficient (Wildman–Crippen LogP) is -0.506. The Bertz CT molecular complexity index is 310. The van der Waals surface area contributed by atoms with Crippen LogP contribution in [0.25, 0.3) is 0 Å². The van der Waals surface area contributed by atoms with Crippen LogP contribution in [0, 0.1) is 5.41 Å². The van der Waals surface area contributed by atoms with E-state index in [0.29, 0.717) is 12.8 Å². The van der Waals surface area contributed by atoms with Crippen molar-refractivity contribution in [3.8, 4) is 0 Å². The molecule has 0 atom stereocenters. The fourth-order valence-corrected chi connectivity index (χ4v) is 1.60. The van der Waals surface area contributed by atoms with E-state index in [1.807, 2.05) is 0 Å². The minimum atomic E-state index is -0.862. The van der Waals surface area contributed by atoms with Gasteiger partial charge in [0.2, 0.25) is 11.8 Å². The molecule has 90 valence electrons. The molecule has 0 aliphatic heterocycles. The lowest BCUT2D eigenvalue weighted by Crippen LogP contribution is -2.49. The molecule has 0 heterocycles. The summed E-state index contributed by atoms with van der Waals surface area (Å²) in [5, 5.41) is 13.9. The number of amides is 2. The number of hydrogen-bond donors (Lipinski definition) is 3. The molecule has 0 saturated heterocycles. The standard InChI is InChI=1S/C10H16N2O4/c1-7(13)11-5-8(14)12-6-10(9(15)16)3-2-4-10/h2-6H2,1H3,(H,11,13)(H,12,14)(H,15,16). The van der Waals surface area contributed by atoms with E-state index in [0.717, 1.165) is 6.42 Å². The van der Waals surface area contributed by atoms with E-state index in [4.69, 9.17) is 5.11 Å². The van der Waals surface area contributed by atoms with Crippen molar-refractivity contribution in [3.63, 3.8) is 0 Å². The first kappa shape index (κ1) is 12.5. The lowest BCUT2D eigenvalue weighted by atomic mass is 9.69. The van der Waals surface area contributed by atoms with Crippen molar-refractivity contribution in [3.05, 3.63) is 0 Å². The number of carbonyl (C=O) groups is 3. The number of carboxylic acid groups (broad SMARTS) is 1. The molecule has 1 fully saturated rings. The molecule has 3 N–H and O–H groups in total. The van der Waals surface area contributed by atoms with Crippen LogP contribution in [0.4, 0.5) is 0 Å². The third-order valence-corrected chi connectivity index (χ3v) is 2.89. The summed E-state index contributed by atoms with van der Waals surface area (Å²) < 4.78 is 0. The van der Waals surface area contributed by atoms with Gasteiger partial charge in [0.15, 0.2) is 0 Å². The maximum atomic E-state index is 11.2. The Morgan fingerprint density at radius 3 is 2.25 bits per heavy atom. The number of carbonyl (C=O) groups excluding carboxylic acids is 2. The average molecular weight is 228 g/mol. The number of carboxylic acids is 1. The summed E-state index contributed by atoms with van der Waals surface area (Å²) in [4.78, 5) is 32.7. The zero-order chi connectivity index (χ0) is 12.2. The van der Waals surface area contributed by atoms with Crippen LogP contribution in [0.5, 0.6) is 0 Å². The summed E-state index contributed by atoms with van der Waals surface area (Å²) in [7, 11) is 0. The zero-order valence-electron chi connectivity index (χ0n) is 9.21. The molecule has 6 nitrogen and oxygen atoms in total. The van der Waals surface area contributed by atoms with E-state index >= 15 is 0 Å². The second kappa shape index (κ2) is 4.96. The third kappa shape index (κ3) is 2.95. The van der Waals surface area contributed by atoms with Crippen LogP contribution < -0.4 is 10.6 Å². The van der Waals surface area contributed by atoms with Crippen molar-refractivity contribution in [1.82, 2.24) is 10.6 Å². The van der Waals surface area contributed by atoms with Crippen LogP contribution in [-0.4, -0.2) is 36.0 Å². The summed E-state index contributed by atoms with van der Waals surface area (Å²) in [6.07, 6.45) is 2.08. The Labute approximate surface area is 93.4 Å². The van der Waals surface area contributed by atoms with Crippen molar-refractivity contribution in [2.24, 2.45) is 5.41 Å². The Morgan fingerprint density at radius 2 is 1.88 bits per heavy atom. The Morgan fingerprint density at radius 1 is 1.25 bits per heavy atom. The first-order valence-corrected chi connectivity index (χ1v) is 5.21. The van der Waals surface area contributed by atoms with Gasteiger partial charge in [-0.2, -0.15) is 0 Å². The highest BCUT2D eigenvalue weighted by atomic mass is 16.4. The number of nitrogens with one attached hydrogen (secondary N) is 2. The van der Waals surface area contributed by atoms with Gasteiger partial charge in [-0.05, 0) is 12.8 Å². The molecule has 0 aromatic heterocycles. The summed E-state index contributed by atoms with van der Waals surface area (Å²) in [5.74, 6) is -1.51. The summed E-state index contributed by atoms with van der Waals surface area (Å²) in [6.45, 7) is 1.35. The topological polar surface area (TPSA) is 95.5 Å². The van der Waals surface area contributed by atoms with Gasteiger partial charge < -0.3 is 15.7 Å². The van der Waals surface area contributed by atoms with E-state index in [-0.39, 0.29) is 24.9 Å². The zero-order valence-corrected chi connectivity index (χ0v) is 9.21. The maximum Gasteiger partial charge on any atom is 0.311 e. The number of hydrogen-bond acceptors (Lipinski definition) is 3. The van der Waals surface area contributed by atoms with Gasteiger partial charge in [0.25, 0.3) is 0 Å². The highest BCUT2D eigenvalue weighted by Crippen LogP contribution is 2.40. The first-order chi connectivity index (χ1) is 7.46. The van der Waals surface area contributed by atoms with E-state index in [2.05, 4.69) is 10.6 Å². The van der Waals surface area contributed by atoms with Gasteiger partial charge in [-0.25, -0.2) is 0 Å². The molecular formula is C10H16N2O4. The Balaban J connectivity index is 2.30. The van der Waals surface area contributed by atoms with Gasteiger partial charge in [0.1, 0.15) is 0 Å². The van der Waals surface area contributed by atoms with Gasteiger partial charge in [0, 0.05) is 13.5 Å². The van der Waals surface area contributed by atoms with Crippen LogP contribution in [0.15, 0.2) is 0 Å². The van der Waals surface area contributed by atoms with Gasteiger partial charge >= 0.3 is 5.97 Å². The van der Waals surface area contributed by atoms with Crippen LogP contribution in [0.3, 0.4) is 0 Å². The molecule has 0 unspecified atom stereocenters. The molecule has 0 spiro atoms. The molecule has 16 heavy (non-hydrogen) atoms. The molecule has 1 aliphatic rings. The van der Waals surface area contributed by atoms with Gasteiger partial charge in [-0.1, -0.05) is 6.42 Å². The van der Waals surface area contributed by atoms with Crippen LogP contribution in [0.2, 0.25) is 0 Å². The van der Waals surface area contributed by atoms with Gasteiger partial charge in [-0.3, -0.25) is 14.4 Å². The smallest absolute Gasteiger partial charge is 0.311 e. The molecule has 0 radical (unpaired) electrons. The predicted molar refractivity (Wildman–Crippen MR) is 55.6 cm³/mol. The van der Waals surface area contributed by atoms with E-state index < -0.39 is 11.4 Å². The second-order valence-corrected chi connectivity index (χ2v) is 4.13. The fourth-order valence-electron chi connectivity index (χ4n) is 1.60. The molecule has 0 aromatic rings. The number of aliphatic carboxylic acids is 1. The molecule has 1 saturated carbocycles. The van der Waals surface area contributed by atoms with Crippen molar-refractivity contribution in [2.75, 3.05) is 13.1 Å². The largest absolute Gasteiger partial charge is 0.481 e. The van der Waals surface area contributed by atoms with Gasteiger partial charge in [0.05, 0.1) is 12.0 Å². The van der Waals surface area contributed by atoms with Crippen molar-refractivity contribution in [1.29, 1.82) is 0 Å². The molecule has 6 heteroatoms. The fraction of sp³-hybridized carbons (Fsp3) is 0.700. The molecule has 0 bridgehead atoms. The lowest BCUT2D eigenvalue weighted by Gasteiger charge is -2.37. The minimum Gasteiger partial charge on any atom is -0.481 e. The third-order valence-electron chi connectivity index (χ3n) is 2.89. The molecule has 2 amide bonds. The van der Waals surface area contributed by atoms with Crippen LogP contribution in [-0.2, 0) is 14.4 Å². The first-order valence-electron chi connectivity index (χ1n) is 5.21. The highest BCUT2D eigenvalue weighted by Gasteiger charge is 2.44. The van der Waals surface area contributed by atoms with Gasteiger partial charge in [-0.15, -0.1) is 0 Å². The Kier molecular flexibility index (Phi) is 3.87. The maximum absolute atomic E-state index is 11.2. The second-order valence-electron chi connectivity index (χ2n) is 4.13. The van der Waals surface area contributed by atoms with Crippen molar-refractivity contribution >= 4 is 17.8 Å². The SMILES string of the molecule is CC(=O)NCC(=O)NCC1(C(=O)O)CCC1. The highest BCUT2D eigenvalue weighted by molar-refractivity contribution is 5.84. The number of rotatable bonds is 5.